The van der Waals surface area contributed by atoms with Crippen LogP contribution in [0.4, 0.5) is 8.78 Å². The summed E-state index contributed by atoms with van der Waals surface area (Å²) < 4.78 is 24.3. The normalized spacial score (nSPS) is 17.2. The van der Waals surface area contributed by atoms with Gasteiger partial charge >= 0.3 is 5.97 Å². The van der Waals surface area contributed by atoms with Crippen LogP contribution < -0.4 is 5.32 Å². The Hall–Kier alpha value is -1.46. The number of amides is 1. The molecule has 0 fully saturated rings. The van der Waals surface area contributed by atoms with E-state index in [1.807, 2.05) is 6.08 Å². The third-order valence-electron chi connectivity index (χ3n) is 2.82. The van der Waals surface area contributed by atoms with Gasteiger partial charge in [0.1, 0.15) is 6.04 Å². The molecule has 0 aromatic carbocycles. The monoisotopic (exact) mass is 261 g/mol. The van der Waals surface area contributed by atoms with E-state index < -0.39 is 30.8 Å². The van der Waals surface area contributed by atoms with E-state index in [1.165, 1.54) is 0 Å². The van der Waals surface area contributed by atoms with Crippen LogP contribution >= 0.6 is 0 Å². The highest BCUT2D eigenvalue weighted by atomic mass is 19.3. The van der Waals surface area contributed by atoms with Crippen molar-refractivity contribution in [1.29, 1.82) is 0 Å². The van der Waals surface area contributed by atoms with Crippen molar-refractivity contribution in [2.75, 3.05) is 0 Å². The molecule has 1 aliphatic rings. The smallest absolute Gasteiger partial charge is 0.326 e. The number of rotatable bonds is 6. The maximum Gasteiger partial charge on any atom is 0.326 e. The van der Waals surface area contributed by atoms with Gasteiger partial charge in [0.25, 0.3) is 0 Å². The Balaban J connectivity index is 2.45. The quantitative estimate of drug-likeness (QED) is 0.719. The third-order valence-corrected chi connectivity index (χ3v) is 2.82. The molecule has 1 unspecified atom stereocenters. The molecule has 102 valence electrons. The Morgan fingerprint density at radius 3 is 2.61 bits per heavy atom. The molecule has 1 amide bonds. The number of allylic oxidation sites excluding steroid dienone is 1. The second kappa shape index (κ2) is 7.08. The summed E-state index contributed by atoms with van der Waals surface area (Å²) in [5, 5.41) is 10.8. The highest BCUT2D eigenvalue weighted by Crippen LogP contribution is 2.20. The molecule has 6 heteroatoms. The van der Waals surface area contributed by atoms with E-state index in [0.717, 1.165) is 31.3 Å². The molecule has 2 N–H and O–H groups in total. The van der Waals surface area contributed by atoms with Crippen LogP contribution in [0, 0.1) is 0 Å². The summed E-state index contributed by atoms with van der Waals surface area (Å²) in [6.07, 6.45) is 2.30. The zero-order valence-corrected chi connectivity index (χ0v) is 9.99. The number of alkyl halides is 2. The Labute approximate surface area is 104 Å². The summed E-state index contributed by atoms with van der Waals surface area (Å²) in [5.74, 6) is -1.93. The van der Waals surface area contributed by atoms with Crippen LogP contribution in [0.3, 0.4) is 0 Å². The molecule has 0 radical (unpaired) electrons. The number of carbonyl (C=O) groups excluding carboxylic acids is 1. The largest absolute Gasteiger partial charge is 0.480 e. The summed E-state index contributed by atoms with van der Waals surface area (Å²) in [6, 6.07) is -1.51. The van der Waals surface area contributed by atoms with Gasteiger partial charge < -0.3 is 10.4 Å². The number of nitrogens with one attached hydrogen (secondary N) is 1. The number of hydrogen-bond donors (Lipinski definition) is 2. The molecule has 0 saturated carbocycles. The fourth-order valence-corrected chi connectivity index (χ4v) is 1.92. The summed E-state index contributed by atoms with van der Waals surface area (Å²) in [5.41, 5.74) is 0.958. The van der Waals surface area contributed by atoms with Gasteiger partial charge in [-0.1, -0.05) is 11.6 Å². The molecule has 18 heavy (non-hydrogen) atoms. The molecule has 0 aliphatic heterocycles. The third kappa shape index (κ3) is 5.25. The van der Waals surface area contributed by atoms with E-state index in [4.69, 9.17) is 5.11 Å². The van der Waals surface area contributed by atoms with Gasteiger partial charge in [0.05, 0.1) is 0 Å². The van der Waals surface area contributed by atoms with Gasteiger partial charge in [-0.25, -0.2) is 13.6 Å². The first-order valence-electron chi connectivity index (χ1n) is 5.97. The van der Waals surface area contributed by atoms with E-state index in [0.29, 0.717) is 0 Å². The lowest BCUT2D eigenvalue weighted by atomic mass is 9.97. The lowest BCUT2D eigenvalue weighted by Gasteiger charge is -2.16. The molecular weight excluding hydrogens is 244 g/mol. The number of carboxylic acids is 1. The van der Waals surface area contributed by atoms with Gasteiger partial charge in [-0.3, -0.25) is 4.79 Å². The second-order valence-electron chi connectivity index (χ2n) is 4.37. The zero-order chi connectivity index (χ0) is 13.5. The highest BCUT2D eigenvalue weighted by Gasteiger charge is 2.24. The second-order valence-corrected chi connectivity index (χ2v) is 4.37. The number of aliphatic carboxylic acids is 1. The lowest BCUT2D eigenvalue weighted by Crippen LogP contribution is -2.42. The maximum atomic E-state index is 12.1. The van der Waals surface area contributed by atoms with Crippen LogP contribution in [0.2, 0.25) is 0 Å². The number of carboxylic acid groups (broad SMARTS) is 1. The molecule has 0 aromatic heterocycles. The molecule has 1 rings (SSSR count). The van der Waals surface area contributed by atoms with E-state index in [-0.39, 0.29) is 6.42 Å². The van der Waals surface area contributed by atoms with Crippen molar-refractivity contribution in [3.8, 4) is 0 Å². The van der Waals surface area contributed by atoms with Crippen molar-refractivity contribution in [3.05, 3.63) is 11.6 Å². The molecule has 1 atom stereocenters. The number of hydrogen-bond acceptors (Lipinski definition) is 2. The lowest BCUT2D eigenvalue weighted by molar-refractivity contribution is -0.142. The molecule has 0 spiro atoms. The van der Waals surface area contributed by atoms with Crippen LogP contribution in [0.1, 0.15) is 38.5 Å². The predicted molar refractivity (Wildman–Crippen MR) is 61.4 cm³/mol. The van der Waals surface area contributed by atoms with Crippen LogP contribution in [-0.4, -0.2) is 29.5 Å². The molecule has 1 aliphatic carbocycles. The van der Waals surface area contributed by atoms with Gasteiger partial charge in [-0.15, -0.1) is 0 Å². The first kappa shape index (κ1) is 14.6. The zero-order valence-electron chi connectivity index (χ0n) is 9.99. The van der Waals surface area contributed by atoms with Crippen LogP contribution in [-0.2, 0) is 9.59 Å². The Bertz CT molecular complexity index is 342. The van der Waals surface area contributed by atoms with Crippen molar-refractivity contribution in [2.45, 2.75) is 51.0 Å². The minimum Gasteiger partial charge on any atom is -0.480 e. The Kier molecular flexibility index (Phi) is 5.74. The number of halogens is 2. The van der Waals surface area contributed by atoms with E-state index in [2.05, 4.69) is 5.32 Å². The summed E-state index contributed by atoms with van der Waals surface area (Å²) >= 11 is 0. The standard InChI is InChI=1S/C12H17F2NO3/c13-10(14)7-9(12(17)18)15-11(16)6-8-4-2-1-3-5-8/h4,9-10H,1-3,5-7H2,(H,15,16)(H,17,18). The van der Waals surface area contributed by atoms with Gasteiger partial charge in [-0.05, 0) is 25.7 Å². The average molecular weight is 261 g/mol. The van der Waals surface area contributed by atoms with E-state index in [9.17, 15) is 18.4 Å². The van der Waals surface area contributed by atoms with Crippen LogP contribution in [0.15, 0.2) is 11.6 Å². The fraction of sp³-hybridized carbons (Fsp3) is 0.667. The minimum atomic E-state index is -2.75. The van der Waals surface area contributed by atoms with Crippen LogP contribution in [0.25, 0.3) is 0 Å². The van der Waals surface area contributed by atoms with E-state index >= 15 is 0 Å². The number of carbonyl (C=O) groups is 2. The van der Waals surface area contributed by atoms with Crippen LogP contribution in [0.5, 0.6) is 0 Å². The van der Waals surface area contributed by atoms with Crippen molar-refractivity contribution >= 4 is 11.9 Å². The van der Waals surface area contributed by atoms with Crippen molar-refractivity contribution < 1.29 is 23.5 Å². The average Bonchev–Trinajstić information content (AvgIpc) is 2.28. The summed E-state index contributed by atoms with van der Waals surface area (Å²) in [4.78, 5) is 22.2. The van der Waals surface area contributed by atoms with Gasteiger partial charge in [-0.2, -0.15) is 0 Å². The molecule has 4 nitrogen and oxygen atoms in total. The maximum absolute atomic E-state index is 12.1. The summed E-state index contributed by atoms with van der Waals surface area (Å²) in [6.45, 7) is 0. The Morgan fingerprint density at radius 1 is 1.39 bits per heavy atom. The van der Waals surface area contributed by atoms with Crippen molar-refractivity contribution in [1.82, 2.24) is 5.32 Å². The molecular formula is C12H17F2NO3. The van der Waals surface area contributed by atoms with Crippen molar-refractivity contribution in [2.24, 2.45) is 0 Å². The molecule has 0 saturated heterocycles. The predicted octanol–water partition coefficient (Wildman–Crippen LogP) is 2.10. The van der Waals surface area contributed by atoms with Crippen molar-refractivity contribution in [3.63, 3.8) is 0 Å². The SMILES string of the molecule is O=C(CC1=CCCCC1)NC(CC(F)F)C(=O)O. The first-order valence-corrected chi connectivity index (χ1v) is 5.97. The first-order chi connectivity index (χ1) is 8.49. The van der Waals surface area contributed by atoms with Gasteiger partial charge in [0, 0.05) is 12.8 Å². The molecule has 0 bridgehead atoms. The summed E-state index contributed by atoms with van der Waals surface area (Å²) in [7, 11) is 0. The van der Waals surface area contributed by atoms with E-state index in [1.54, 1.807) is 0 Å². The van der Waals surface area contributed by atoms with Gasteiger partial charge in [0.15, 0.2) is 0 Å². The molecule has 0 aromatic rings. The fourth-order valence-electron chi connectivity index (χ4n) is 1.92. The highest BCUT2D eigenvalue weighted by molar-refractivity contribution is 5.84. The van der Waals surface area contributed by atoms with Gasteiger partial charge in [0.2, 0.25) is 12.3 Å². The molecule has 0 heterocycles. The topological polar surface area (TPSA) is 66.4 Å². The minimum absolute atomic E-state index is 0.104. The Morgan fingerprint density at radius 2 is 2.11 bits per heavy atom.